The minimum Gasteiger partial charge on any atom is -0.455 e. The van der Waals surface area contributed by atoms with Crippen molar-refractivity contribution >= 4 is 11.9 Å². The molecule has 4 aliphatic rings. The zero-order valence-corrected chi connectivity index (χ0v) is 16.4. The maximum absolute atomic E-state index is 12.8. The number of fused-ring (bicyclic) bond motifs is 2. The number of hydrogen-bond acceptors (Lipinski definition) is 4. The van der Waals surface area contributed by atoms with Gasteiger partial charge in [-0.3, -0.25) is 0 Å². The number of esters is 2. The van der Waals surface area contributed by atoms with Crippen molar-refractivity contribution in [3.63, 3.8) is 0 Å². The molecule has 2 bridgehead atoms. The quantitative estimate of drug-likeness (QED) is 0.697. The predicted molar refractivity (Wildman–Crippen MR) is 108 cm³/mol. The van der Waals surface area contributed by atoms with Crippen molar-refractivity contribution < 1.29 is 19.1 Å². The molecule has 4 heteroatoms. The summed E-state index contributed by atoms with van der Waals surface area (Å²) < 4.78 is 12.0. The molecule has 0 spiro atoms. The average Bonchev–Trinajstić information content (AvgIpc) is 3.15. The van der Waals surface area contributed by atoms with Gasteiger partial charge in [0.25, 0.3) is 0 Å². The van der Waals surface area contributed by atoms with Gasteiger partial charge in [0.2, 0.25) is 0 Å². The molecule has 0 heterocycles. The van der Waals surface area contributed by atoms with Crippen LogP contribution in [0.1, 0.15) is 52.8 Å². The monoisotopic (exact) mass is 390 g/mol. The molecule has 4 atom stereocenters. The van der Waals surface area contributed by atoms with Gasteiger partial charge in [0.1, 0.15) is 12.2 Å². The highest BCUT2D eigenvalue weighted by molar-refractivity contribution is 5.90. The number of ether oxygens (including phenoxy) is 2. The van der Waals surface area contributed by atoms with Crippen LogP contribution in [-0.2, 0) is 9.47 Å². The van der Waals surface area contributed by atoms with Crippen LogP contribution in [0.5, 0.6) is 0 Å². The van der Waals surface area contributed by atoms with E-state index in [9.17, 15) is 9.59 Å². The van der Waals surface area contributed by atoms with Crippen molar-refractivity contribution in [2.24, 2.45) is 23.7 Å². The second kappa shape index (κ2) is 7.66. The summed E-state index contributed by atoms with van der Waals surface area (Å²) in [7, 11) is 0. The van der Waals surface area contributed by atoms with Crippen LogP contribution in [-0.4, -0.2) is 24.1 Å². The van der Waals surface area contributed by atoms with Crippen molar-refractivity contribution in [3.8, 4) is 0 Å². The Bertz CT molecular complexity index is 870. The fourth-order valence-electron chi connectivity index (χ4n) is 5.95. The molecule has 29 heavy (non-hydrogen) atoms. The SMILES string of the molecule is O=C(OC1CC2C3CCC(CC3)C2C1OC(=O)c1ccccc1)c1ccccc1. The summed E-state index contributed by atoms with van der Waals surface area (Å²) in [6.07, 6.45) is 4.99. The van der Waals surface area contributed by atoms with Gasteiger partial charge >= 0.3 is 11.9 Å². The van der Waals surface area contributed by atoms with Gasteiger partial charge in [-0.15, -0.1) is 0 Å². The Hall–Kier alpha value is -2.62. The fraction of sp³-hybridized carbons (Fsp3) is 0.440. The number of carbonyl (C=O) groups excluding carboxylic acids is 2. The minimum absolute atomic E-state index is 0.309. The molecule has 150 valence electrons. The van der Waals surface area contributed by atoms with E-state index in [0.717, 1.165) is 6.42 Å². The van der Waals surface area contributed by atoms with Crippen LogP contribution in [0, 0.1) is 23.7 Å². The molecule has 0 saturated heterocycles. The third-order valence-electron chi connectivity index (χ3n) is 7.23. The summed E-state index contributed by atoms with van der Waals surface area (Å²) in [5.74, 6) is 1.39. The smallest absolute Gasteiger partial charge is 0.338 e. The van der Waals surface area contributed by atoms with Gasteiger partial charge in [-0.2, -0.15) is 0 Å². The second-order valence-electron chi connectivity index (χ2n) is 8.70. The lowest BCUT2D eigenvalue weighted by Gasteiger charge is -2.46. The van der Waals surface area contributed by atoms with E-state index < -0.39 is 0 Å². The summed E-state index contributed by atoms with van der Waals surface area (Å²) in [5.41, 5.74) is 1.09. The van der Waals surface area contributed by atoms with E-state index >= 15 is 0 Å². The molecule has 0 aromatic heterocycles. The standard InChI is InChI=1S/C25H26O4/c26-24(18-7-3-1-4-8-18)28-21-15-20-16-11-13-17(14-12-16)22(20)23(21)29-25(27)19-9-5-2-6-10-19/h1-10,16-17,20-23H,11-15H2. The summed E-state index contributed by atoms with van der Waals surface area (Å²) in [5, 5.41) is 0. The first-order chi connectivity index (χ1) is 14.2. The summed E-state index contributed by atoms with van der Waals surface area (Å²) in [4.78, 5) is 25.5. The molecule has 2 aromatic carbocycles. The predicted octanol–water partition coefficient (Wildman–Crippen LogP) is 4.89. The van der Waals surface area contributed by atoms with E-state index in [1.807, 2.05) is 36.4 Å². The normalized spacial score (nSPS) is 32.4. The fourth-order valence-corrected chi connectivity index (χ4v) is 5.95. The largest absolute Gasteiger partial charge is 0.455 e. The van der Waals surface area contributed by atoms with Gasteiger partial charge in [-0.1, -0.05) is 36.4 Å². The first-order valence-electron chi connectivity index (χ1n) is 10.7. The summed E-state index contributed by atoms with van der Waals surface area (Å²) in [6.45, 7) is 0. The van der Waals surface area contributed by atoms with Crippen molar-refractivity contribution in [1.82, 2.24) is 0 Å². The Labute approximate surface area is 171 Å². The molecule has 2 aromatic rings. The van der Waals surface area contributed by atoms with Crippen LogP contribution < -0.4 is 0 Å². The van der Waals surface area contributed by atoms with Gasteiger partial charge in [-0.25, -0.2) is 9.59 Å². The molecule has 4 unspecified atom stereocenters. The summed E-state index contributed by atoms with van der Waals surface area (Å²) in [6, 6.07) is 18.2. The van der Waals surface area contributed by atoms with Crippen molar-refractivity contribution in [2.75, 3.05) is 0 Å². The number of rotatable bonds is 4. The van der Waals surface area contributed by atoms with Crippen LogP contribution in [0.2, 0.25) is 0 Å². The Kier molecular flexibility index (Phi) is 4.86. The maximum atomic E-state index is 12.8. The lowest BCUT2D eigenvalue weighted by atomic mass is 9.59. The Balaban J connectivity index is 1.39. The molecule has 0 amide bonds. The molecule has 0 aliphatic heterocycles. The van der Waals surface area contributed by atoms with E-state index in [4.69, 9.17) is 9.47 Å². The molecule has 4 fully saturated rings. The highest BCUT2D eigenvalue weighted by atomic mass is 16.6. The Morgan fingerprint density at radius 2 is 1.21 bits per heavy atom. The summed E-state index contributed by atoms with van der Waals surface area (Å²) >= 11 is 0. The zero-order valence-electron chi connectivity index (χ0n) is 16.4. The zero-order chi connectivity index (χ0) is 19.8. The Morgan fingerprint density at radius 1 is 0.690 bits per heavy atom. The molecule has 0 N–H and O–H groups in total. The van der Waals surface area contributed by atoms with Gasteiger partial charge < -0.3 is 9.47 Å². The third-order valence-corrected chi connectivity index (χ3v) is 7.23. The van der Waals surface area contributed by atoms with Crippen LogP contribution in [0.4, 0.5) is 0 Å². The lowest BCUT2D eigenvalue weighted by Crippen LogP contribution is -2.44. The van der Waals surface area contributed by atoms with Crippen LogP contribution in [0.15, 0.2) is 60.7 Å². The molecule has 6 rings (SSSR count). The van der Waals surface area contributed by atoms with E-state index in [-0.39, 0.29) is 24.1 Å². The maximum Gasteiger partial charge on any atom is 0.338 e. The highest BCUT2D eigenvalue weighted by Gasteiger charge is 2.56. The molecule has 4 saturated carbocycles. The van der Waals surface area contributed by atoms with Crippen molar-refractivity contribution in [1.29, 1.82) is 0 Å². The number of carbonyl (C=O) groups is 2. The van der Waals surface area contributed by atoms with Crippen molar-refractivity contribution in [3.05, 3.63) is 71.8 Å². The van der Waals surface area contributed by atoms with Gasteiger partial charge in [-0.05, 0) is 74.1 Å². The van der Waals surface area contributed by atoms with Crippen LogP contribution in [0.25, 0.3) is 0 Å². The molecule has 4 nitrogen and oxygen atoms in total. The van der Waals surface area contributed by atoms with Crippen LogP contribution in [0.3, 0.4) is 0 Å². The minimum atomic E-state index is -0.369. The van der Waals surface area contributed by atoms with Gasteiger partial charge in [0.05, 0.1) is 11.1 Å². The van der Waals surface area contributed by atoms with Gasteiger partial charge in [0, 0.05) is 5.92 Å². The number of hydrogen-bond donors (Lipinski definition) is 0. The molecule has 4 aliphatic carbocycles. The van der Waals surface area contributed by atoms with E-state index in [1.165, 1.54) is 25.7 Å². The van der Waals surface area contributed by atoms with Gasteiger partial charge in [0.15, 0.2) is 0 Å². The first kappa shape index (κ1) is 18.4. The van der Waals surface area contributed by atoms with E-state index in [1.54, 1.807) is 24.3 Å². The molecular weight excluding hydrogens is 364 g/mol. The lowest BCUT2D eigenvalue weighted by molar-refractivity contribution is -0.0602. The topological polar surface area (TPSA) is 52.6 Å². The van der Waals surface area contributed by atoms with Crippen molar-refractivity contribution in [2.45, 2.75) is 44.3 Å². The van der Waals surface area contributed by atoms with E-state index in [2.05, 4.69) is 0 Å². The number of benzene rings is 2. The second-order valence-corrected chi connectivity index (χ2v) is 8.70. The Morgan fingerprint density at radius 3 is 1.79 bits per heavy atom. The average molecular weight is 390 g/mol. The highest BCUT2D eigenvalue weighted by Crippen LogP contribution is 2.57. The first-order valence-corrected chi connectivity index (χ1v) is 10.7. The molecular formula is C25H26O4. The van der Waals surface area contributed by atoms with E-state index in [0.29, 0.717) is 34.8 Å². The molecule has 0 radical (unpaired) electrons. The van der Waals surface area contributed by atoms with Crippen LogP contribution >= 0.6 is 0 Å². The third kappa shape index (κ3) is 3.45.